The van der Waals surface area contributed by atoms with Crippen LogP contribution in [0, 0.1) is 0 Å². The maximum Gasteiger partial charge on any atom is 0.336 e. The Labute approximate surface area is 189 Å². The molecule has 1 fully saturated rings. The third-order valence-electron chi connectivity index (χ3n) is 5.48. The Morgan fingerprint density at radius 1 is 1.16 bits per heavy atom. The van der Waals surface area contributed by atoms with E-state index in [2.05, 4.69) is 0 Å². The molecule has 4 rings (SSSR count). The van der Waals surface area contributed by atoms with E-state index in [0.717, 1.165) is 4.88 Å². The second-order valence-corrected chi connectivity index (χ2v) is 8.49. The number of piperazine rings is 1. The van der Waals surface area contributed by atoms with E-state index in [9.17, 15) is 14.7 Å². The van der Waals surface area contributed by atoms with Gasteiger partial charge in [0, 0.05) is 37.1 Å². The number of benzene rings is 1. The molecule has 32 heavy (non-hydrogen) atoms. The SMILES string of the molecule is O=C(O)c1c(CN2CCN(CCOCCO)C(=O)C2)c(-c2cccs2)nc2ccccc12. The number of aliphatic hydroxyl groups excluding tert-OH is 1. The van der Waals surface area contributed by atoms with Gasteiger partial charge in [-0.3, -0.25) is 9.69 Å². The number of aromatic carboxylic acids is 1. The van der Waals surface area contributed by atoms with Crippen LogP contribution in [0.15, 0.2) is 41.8 Å². The van der Waals surface area contributed by atoms with Gasteiger partial charge in [0.25, 0.3) is 0 Å². The van der Waals surface area contributed by atoms with Crippen molar-refractivity contribution in [2.75, 3.05) is 46.0 Å². The number of amides is 1. The molecule has 1 aliphatic rings. The summed E-state index contributed by atoms with van der Waals surface area (Å²) in [6, 6.07) is 11.1. The molecule has 0 atom stereocenters. The molecule has 168 valence electrons. The lowest BCUT2D eigenvalue weighted by molar-refractivity contribution is -0.137. The van der Waals surface area contributed by atoms with Gasteiger partial charge in [-0.15, -0.1) is 11.3 Å². The number of carboxylic acid groups (broad SMARTS) is 1. The minimum atomic E-state index is -0.998. The number of fused-ring (bicyclic) bond motifs is 1. The second kappa shape index (κ2) is 10.2. The van der Waals surface area contributed by atoms with Crippen LogP contribution in [0.25, 0.3) is 21.5 Å². The van der Waals surface area contributed by atoms with Crippen molar-refractivity contribution in [1.82, 2.24) is 14.8 Å². The van der Waals surface area contributed by atoms with Crippen LogP contribution in [0.2, 0.25) is 0 Å². The highest BCUT2D eigenvalue weighted by molar-refractivity contribution is 7.13. The summed E-state index contributed by atoms with van der Waals surface area (Å²) in [7, 11) is 0. The highest BCUT2D eigenvalue weighted by Crippen LogP contribution is 2.33. The van der Waals surface area contributed by atoms with Crippen molar-refractivity contribution >= 4 is 34.1 Å². The molecule has 3 aromatic rings. The van der Waals surface area contributed by atoms with Gasteiger partial charge in [-0.25, -0.2) is 9.78 Å². The van der Waals surface area contributed by atoms with Crippen LogP contribution in [0.3, 0.4) is 0 Å². The van der Waals surface area contributed by atoms with Crippen LogP contribution in [0.4, 0.5) is 0 Å². The minimum Gasteiger partial charge on any atom is -0.478 e. The number of pyridine rings is 1. The molecule has 3 heterocycles. The van der Waals surface area contributed by atoms with Crippen LogP contribution >= 0.6 is 11.3 Å². The molecule has 0 aliphatic carbocycles. The van der Waals surface area contributed by atoms with Gasteiger partial charge in [-0.2, -0.15) is 0 Å². The van der Waals surface area contributed by atoms with Crippen molar-refractivity contribution < 1.29 is 24.5 Å². The van der Waals surface area contributed by atoms with E-state index in [-0.39, 0.29) is 31.2 Å². The first-order valence-corrected chi connectivity index (χ1v) is 11.3. The highest BCUT2D eigenvalue weighted by Gasteiger charge is 2.28. The summed E-state index contributed by atoms with van der Waals surface area (Å²) in [5.41, 5.74) is 2.17. The molecule has 0 saturated carbocycles. The molecule has 0 bridgehead atoms. The summed E-state index contributed by atoms with van der Waals surface area (Å²) in [5.74, 6) is -1.02. The lowest BCUT2D eigenvalue weighted by Crippen LogP contribution is -2.50. The van der Waals surface area contributed by atoms with Crippen LogP contribution in [0.1, 0.15) is 15.9 Å². The van der Waals surface area contributed by atoms with Crippen LogP contribution in [-0.2, 0) is 16.1 Å². The molecular weight excluding hydrogens is 430 g/mol. The van der Waals surface area contributed by atoms with E-state index in [0.29, 0.717) is 54.9 Å². The third kappa shape index (κ3) is 4.81. The molecule has 1 amide bonds. The molecule has 0 spiro atoms. The van der Waals surface area contributed by atoms with Gasteiger partial charge in [0.05, 0.1) is 48.0 Å². The van der Waals surface area contributed by atoms with Crippen molar-refractivity contribution in [2.24, 2.45) is 0 Å². The number of hydrogen-bond acceptors (Lipinski definition) is 7. The zero-order valence-electron chi connectivity index (χ0n) is 17.6. The maximum atomic E-state index is 12.7. The molecule has 1 aromatic carbocycles. The Balaban J connectivity index is 1.62. The largest absolute Gasteiger partial charge is 0.478 e. The lowest BCUT2D eigenvalue weighted by atomic mass is 9.98. The molecular formula is C23H25N3O5S. The molecule has 2 N–H and O–H groups in total. The Hall–Kier alpha value is -2.85. The fourth-order valence-electron chi connectivity index (χ4n) is 3.96. The number of carbonyl (C=O) groups excluding carboxylic acids is 1. The standard InChI is InChI=1S/C23H25N3O5S/c27-10-12-31-11-9-26-8-7-25(15-20(26)28)14-17-21(23(29)30)16-4-1-2-5-18(16)24-22(17)19-6-3-13-32-19/h1-6,13,27H,7-12,14-15H2,(H,29,30). The Kier molecular flexibility index (Phi) is 7.11. The molecule has 1 saturated heterocycles. The zero-order chi connectivity index (χ0) is 22.5. The van der Waals surface area contributed by atoms with Gasteiger partial charge < -0.3 is 19.8 Å². The summed E-state index contributed by atoms with van der Waals surface area (Å²) in [4.78, 5) is 34.4. The van der Waals surface area contributed by atoms with Gasteiger partial charge in [-0.05, 0) is 17.5 Å². The van der Waals surface area contributed by atoms with Crippen LogP contribution in [0.5, 0.6) is 0 Å². The number of hydrogen-bond donors (Lipinski definition) is 2. The maximum absolute atomic E-state index is 12.7. The summed E-state index contributed by atoms with van der Waals surface area (Å²) in [6.45, 7) is 2.77. The number of thiophene rings is 1. The number of nitrogens with zero attached hydrogens (tertiary/aromatic N) is 3. The fraction of sp³-hybridized carbons (Fsp3) is 0.348. The van der Waals surface area contributed by atoms with E-state index >= 15 is 0 Å². The molecule has 0 unspecified atom stereocenters. The number of ether oxygens (including phenoxy) is 1. The molecule has 0 radical (unpaired) electrons. The summed E-state index contributed by atoms with van der Waals surface area (Å²) in [6.07, 6.45) is 0. The van der Waals surface area contributed by atoms with Crippen LogP contribution < -0.4 is 0 Å². The third-order valence-corrected chi connectivity index (χ3v) is 6.36. The second-order valence-electron chi connectivity index (χ2n) is 7.54. The van der Waals surface area contributed by atoms with Crippen molar-refractivity contribution in [3.63, 3.8) is 0 Å². The van der Waals surface area contributed by atoms with Gasteiger partial charge in [-0.1, -0.05) is 24.3 Å². The first-order valence-electron chi connectivity index (χ1n) is 10.5. The topological polar surface area (TPSA) is 103 Å². The number of rotatable bonds is 9. The number of carbonyl (C=O) groups is 2. The van der Waals surface area contributed by atoms with E-state index in [4.69, 9.17) is 14.8 Å². The van der Waals surface area contributed by atoms with Crippen molar-refractivity contribution in [3.8, 4) is 10.6 Å². The highest BCUT2D eigenvalue weighted by atomic mass is 32.1. The molecule has 8 nitrogen and oxygen atoms in total. The smallest absolute Gasteiger partial charge is 0.336 e. The van der Waals surface area contributed by atoms with E-state index < -0.39 is 5.97 Å². The van der Waals surface area contributed by atoms with E-state index in [1.807, 2.05) is 40.6 Å². The number of para-hydroxylation sites is 1. The number of aromatic nitrogens is 1. The summed E-state index contributed by atoms with van der Waals surface area (Å²) >= 11 is 1.51. The first kappa shape index (κ1) is 22.3. The van der Waals surface area contributed by atoms with Gasteiger partial charge >= 0.3 is 5.97 Å². The minimum absolute atomic E-state index is 0.0212. The predicted molar refractivity (Wildman–Crippen MR) is 122 cm³/mol. The Morgan fingerprint density at radius 3 is 2.72 bits per heavy atom. The predicted octanol–water partition coefficient (Wildman–Crippen LogP) is 2.31. The Morgan fingerprint density at radius 2 is 2.00 bits per heavy atom. The van der Waals surface area contributed by atoms with Crippen molar-refractivity contribution in [3.05, 3.63) is 52.9 Å². The van der Waals surface area contributed by atoms with Gasteiger partial charge in [0.15, 0.2) is 0 Å². The normalized spacial score (nSPS) is 14.9. The van der Waals surface area contributed by atoms with Crippen molar-refractivity contribution in [1.29, 1.82) is 0 Å². The van der Waals surface area contributed by atoms with E-state index in [1.54, 1.807) is 11.0 Å². The first-order chi connectivity index (χ1) is 15.6. The summed E-state index contributed by atoms with van der Waals surface area (Å²) in [5, 5.41) is 21.4. The quantitative estimate of drug-likeness (QED) is 0.477. The van der Waals surface area contributed by atoms with E-state index in [1.165, 1.54) is 11.3 Å². The lowest BCUT2D eigenvalue weighted by Gasteiger charge is -2.34. The molecule has 2 aromatic heterocycles. The van der Waals surface area contributed by atoms with Gasteiger partial charge in [0.1, 0.15) is 0 Å². The van der Waals surface area contributed by atoms with Gasteiger partial charge in [0.2, 0.25) is 5.91 Å². The zero-order valence-corrected chi connectivity index (χ0v) is 18.4. The number of carboxylic acids is 1. The molecule has 1 aliphatic heterocycles. The summed E-state index contributed by atoms with van der Waals surface area (Å²) < 4.78 is 5.27. The molecule has 9 heteroatoms. The fourth-order valence-corrected chi connectivity index (χ4v) is 4.70. The average molecular weight is 456 g/mol. The van der Waals surface area contributed by atoms with Crippen LogP contribution in [-0.4, -0.2) is 82.9 Å². The Bertz CT molecular complexity index is 1100. The average Bonchev–Trinajstić information content (AvgIpc) is 3.32. The van der Waals surface area contributed by atoms with Crippen molar-refractivity contribution in [2.45, 2.75) is 6.54 Å². The monoisotopic (exact) mass is 455 g/mol. The number of aliphatic hydroxyl groups is 1.